The lowest BCUT2D eigenvalue weighted by molar-refractivity contribution is 0.280. The first-order valence-electron chi connectivity index (χ1n) is 6.70. The summed E-state index contributed by atoms with van der Waals surface area (Å²) in [6.07, 6.45) is 2.00. The van der Waals surface area contributed by atoms with Gasteiger partial charge in [0.2, 0.25) is 10.0 Å². The first kappa shape index (κ1) is 15.8. The Bertz CT molecular complexity index is 601. The maximum atomic E-state index is 12.8. The van der Waals surface area contributed by atoms with E-state index in [1.54, 1.807) is 16.4 Å². The van der Waals surface area contributed by atoms with Crippen LogP contribution in [0.15, 0.2) is 21.5 Å². The van der Waals surface area contributed by atoms with Gasteiger partial charge in [-0.05, 0) is 43.4 Å². The second kappa shape index (κ2) is 6.03. The van der Waals surface area contributed by atoms with E-state index in [0.29, 0.717) is 24.8 Å². The van der Waals surface area contributed by atoms with E-state index < -0.39 is 10.0 Å². The monoisotopic (exact) mass is 361 g/mol. The Morgan fingerprint density at radius 3 is 2.70 bits per heavy atom. The van der Waals surface area contributed by atoms with Crippen molar-refractivity contribution in [1.29, 1.82) is 0 Å². The summed E-state index contributed by atoms with van der Waals surface area (Å²) in [4.78, 5) is 0.242. The summed E-state index contributed by atoms with van der Waals surface area (Å²) in [6.45, 7) is 5.16. The lowest BCUT2D eigenvalue weighted by Crippen LogP contribution is -2.39. The molecule has 1 aromatic carbocycles. The molecule has 0 unspecified atom stereocenters. The molecule has 0 N–H and O–H groups in total. The lowest BCUT2D eigenvalue weighted by Gasteiger charge is -2.30. The van der Waals surface area contributed by atoms with Gasteiger partial charge in [0.15, 0.2) is 0 Å². The molecule has 1 atom stereocenters. The van der Waals surface area contributed by atoms with Gasteiger partial charge in [-0.15, -0.1) is 0 Å². The number of sulfonamides is 1. The zero-order valence-electron chi connectivity index (χ0n) is 12.0. The van der Waals surface area contributed by atoms with Crippen molar-refractivity contribution in [1.82, 2.24) is 4.31 Å². The molecule has 0 bridgehead atoms. The summed E-state index contributed by atoms with van der Waals surface area (Å²) >= 11 is 3.40. The minimum Gasteiger partial charge on any atom is -0.495 e. The molecule has 4 nitrogen and oxygen atoms in total. The van der Waals surface area contributed by atoms with Gasteiger partial charge < -0.3 is 4.74 Å². The molecule has 0 aromatic heterocycles. The van der Waals surface area contributed by atoms with E-state index in [4.69, 9.17) is 4.74 Å². The van der Waals surface area contributed by atoms with E-state index in [-0.39, 0.29) is 4.90 Å². The second-order valence-corrected chi connectivity index (χ2v) is 8.12. The first-order chi connectivity index (χ1) is 9.36. The molecule has 0 radical (unpaired) electrons. The van der Waals surface area contributed by atoms with Gasteiger partial charge in [0.1, 0.15) is 10.6 Å². The lowest BCUT2D eigenvalue weighted by atomic mass is 10.0. The minimum atomic E-state index is -3.50. The second-order valence-electron chi connectivity index (χ2n) is 5.36. The summed E-state index contributed by atoms with van der Waals surface area (Å²) < 4.78 is 33.2. The zero-order chi connectivity index (χ0) is 14.9. The van der Waals surface area contributed by atoms with Gasteiger partial charge in [-0.1, -0.05) is 22.9 Å². The van der Waals surface area contributed by atoms with Crippen molar-refractivity contribution < 1.29 is 13.2 Å². The normalized spacial score (nSPS) is 20.9. The Balaban J connectivity index is 2.46. The van der Waals surface area contributed by atoms with E-state index in [0.717, 1.165) is 22.9 Å². The number of rotatable bonds is 3. The van der Waals surface area contributed by atoms with Crippen LogP contribution in [0.5, 0.6) is 5.75 Å². The van der Waals surface area contributed by atoms with Crippen molar-refractivity contribution in [3.63, 3.8) is 0 Å². The van der Waals surface area contributed by atoms with Crippen LogP contribution in [0.2, 0.25) is 0 Å². The molecule has 2 rings (SSSR count). The zero-order valence-corrected chi connectivity index (χ0v) is 14.4. The summed E-state index contributed by atoms with van der Waals surface area (Å²) in [5.41, 5.74) is 0.952. The predicted molar refractivity (Wildman–Crippen MR) is 82.6 cm³/mol. The number of hydrogen-bond donors (Lipinski definition) is 0. The molecule has 1 fully saturated rings. The van der Waals surface area contributed by atoms with Crippen LogP contribution in [-0.2, 0) is 10.0 Å². The molecule has 1 heterocycles. The average molecular weight is 362 g/mol. The quantitative estimate of drug-likeness (QED) is 0.830. The van der Waals surface area contributed by atoms with Gasteiger partial charge in [0.05, 0.1) is 7.11 Å². The number of ether oxygens (including phenoxy) is 1. The van der Waals surface area contributed by atoms with Crippen LogP contribution in [0, 0.1) is 12.8 Å². The van der Waals surface area contributed by atoms with Crippen molar-refractivity contribution in [2.45, 2.75) is 31.6 Å². The van der Waals surface area contributed by atoms with E-state index in [1.807, 2.05) is 6.92 Å². The Morgan fingerprint density at radius 2 is 2.10 bits per heavy atom. The van der Waals surface area contributed by atoms with Crippen molar-refractivity contribution in [2.24, 2.45) is 5.92 Å². The minimum absolute atomic E-state index is 0.242. The highest BCUT2D eigenvalue weighted by molar-refractivity contribution is 9.10. The number of nitrogens with zero attached hydrogens (tertiary/aromatic N) is 1. The summed E-state index contributed by atoms with van der Waals surface area (Å²) in [5, 5.41) is 0. The number of piperidine rings is 1. The predicted octanol–water partition coefficient (Wildman–Crippen LogP) is 3.19. The third-order valence-corrected chi connectivity index (χ3v) is 6.42. The van der Waals surface area contributed by atoms with Crippen LogP contribution >= 0.6 is 15.9 Å². The van der Waals surface area contributed by atoms with Crippen LogP contribution in [0.25, 0.3) is 0 Å². The largest absolute Gasteiger partial charge is 0.495 e. The van der Waals surface area contributed by atoms with Gasteiger partial charge in [-0.2, -0.15) is 4.31 Å². The number of hydrogen-bond acceptors (Lipinski definition) is 3. The maximum Gasteiger partial charge on any atom is 0.246 e. The van der Waals surface area contributed by atoms with Crippen molar-refractivity contribution >= 4 is 26.0 Å². The smallest absolute Gasteiger partial charge is 0.246 e. The first-order valence-corrected chi connectivity index (χ1v) is 8.94. The van der Waals surface area contributed by atoms with E-state index in [9.17, 15) is 8.42 Å². The van der Waals surface area contributed by atoms with Crippen LogP contribution < -0.4 is 4.74 Å². The van der Waals surface area contributed by atoms with Crippen molar-refractivity contribution in [3.8, 4) is 5.75 Å². The van der Waals surface area contributed by atoms with Gasteiger partial charge in [0.25, 0.3) is 0 Å². The van der Waals surface area contributed by atoms with Gasteiger partial charge >= 0.3 is 0 Å². The van der Waals surface area contributed by atoms with Crippen molar-refractivity contribution in [3.05, 3.63) is 22.2 Å². The Labute approximate surface area is 129 Å². The molecule has 0 amide bonds. The molecule has 1 aliphatic heterocycles. The third-order valence-electron chi connectivity index (χ3n) is 3.68. The van der Waals surface area contributed by atoms with Gasteiger partial charge in [-0.25, -0.2) is 8.42 Å². The van der Waals surface area contributed by atoms with E-state index in [2.05, 4.69) is 22.9 Å². The van der Waals surface area contributed by atoms with Crippen LogP contribution in [-0.4, -0.2) is 32.9 Å². The molecule has 0 aliphatic carbocycles. The SMILES string of the molecule is COc1cc(C)c(Br)cc1S(=O)(=O)N1CCC[C@H](C)C1. The Kier molecular flexibility index (Phi) is 4.76. The molecule has 0 spiro atoms. The number of methoxy groups -OCH3 is 1. The molecular weight excluding hydrogens is 342 g/mol. The summed E-state index contributed by atoms with van der Waals surface area (Å²) in [7, 11) is -2.00. The standard InChI is InChI=1S/C14H20BrNO3S/c1-10-5-4-6-16(9-10)20(17,18)14-8-12(15)11(2)7-13(14)19-3/h7-8,10H,4-6,9H2,1-3H3/t10-/m0/s1. The number of benzene rings is 1. The summed E-state index contributed by atoms with van der Waals surface area (Å²) in [5.74, 6) is 0.808. The molecule has 6 heteroatoms. The topological polar surface area (TPSA) is 46.6 Å². The maximum absolute atomic E-state index is 12.8. The molecule has 0 saturated carbocycles. The Hall–Kier alpha value is -0.590. The molecule has 112 valence electrons. The fourth-order valence-corrected chi connectivity index (χ4v) is 4.76. The molecule has 1 aliphatic rings. The van der Waals surface area contributed by atoms with E-state index in [1.165, 1.54) is 7.11 Å². The van der Waals surface area contributed by atoms with Crippen molar-refractivity contribution in [2.75, 3.05) is 20.2 Å². The number of halogens is 1. The summed E-state index contributed by atoms with van der Waals surface area (Å²) in [6, 6.07) is 3.40. The molecule has 20 heavy (non-hydrogen) atoms. The molecule has 1 aromatic rings. The highest BCUT2D eigenvalue weighted by Crippen LogP contribution is 2.33. The fraction of sp³-hybridized carbons (Fsp3) is 0.571. The molecule has 1 saturated heterocycles. The van der Waals surface area contributed by atoms with Gasteiger partial charge in [-0.3, -0.25) is 0 Å². The van der Waals surface area contributed by atoms with E-state index >= 15 is 0 Å². The highest BCUT2D eigenvalue weighted by atomic mass is 79.9. The van der Waals surface area contributed by atoms with Crippen LogP contribution in [0.4, 0.5) is 0 Å². The fourth-order valence-electron chi connectivity index (χ4n) is 2.50. The third kappa shape index (κ3) is 3.02. The number of aryl methyl sites for hydroxylation is 1. The highest BCUT2D eigenvalue weighted by Gasteiger charge is 2.31. The average Bonchev–Trinajstić information content (AvgIpc) is 2.41. The van der Waals surface area contributed by atoms with Gasteiger partial charge in [0, 0.05) is 17.6 Å². The Morgan fingerprint density at radius 1 is 1.40 bits per heavy atom. The molecular formula is C14H20BrNO3S. The van der Waals surface area contributed by atoms with Crippen LogP contribution in [0.1, 0.15) is 25.3 Å². The van der Waals surface area contributed by atoms with Crippen LogP contribution in [0.3, 0.4) is 0 Å².